The van der Waals surface area contributed by atoms with Gasteiger partial charge in [0.2, 0.25) is 0 Å². The van der Waals surface area contributed by atoms with Crippen molar-refractivity contribution in [3.05, 3.63) is 70.8 Å². The van der Waals surface area contributed by atoms with Crippen LogP contribution < -0.4 is 10.6 Å². The number of amides is 2. The fraction of sp³-hybridized carbons (Fsp3) is 0.263. The Morgan fingerprint density at radius 1 is 0.917 bits per heavy atom. The first-order valence-electron chi connectivity index (χ1n) is 7.86. The molecule has 0 spiro atoms. The molecule has 2 aromatic rings. The Hall–Kier alpha value is -2.82. The van der Waals surface area contributed by atoms with E-state index in [0.717, 1.165) is 16.7 Å². The summed E-state index contributed by atoms with van der Waals surface area (Å²) in [7, 11) is 0. The van der Waals surface area contributed by atoms with Crippen molar-refractivity contribution in [3.63, 3.8) is 0 Å². The number of nitrogens with one attached hydrogen (secondary N) is 2. The number of rotatable bonds is 6. The van der Waals surface area contributed by atoms with Crippen molar-refractivity contribution in [1.82, 2.24) is 10.6 Å². The van der Waals surface area contributed by atoms with Crippen LogP contribution >= 0.6 is 0 Å². The summed E-state index contributed by atoms with van der Waals surface area (Å²) in [6.45, 7) is 4.84. The molecule has 0 unspecified atom stereocenters. The number of alkyl carbamates (subject to hydrolysis) is 1. The summed E-state index contributed by atoms with van der Waals surface area (Å²) in [5, 5.41) is 5.37. The van der Waals surface area contributed by atoms with Crippen LogP contribution in [0.3, 0.4) is 0 Å². The lowest BCUT2D eigenvalue weighted by atomic mass is 10.1. The van der Waals surface area contributed by atoms with E-state index < -0.39 is 6.09 Å². The van der Waals surface area contributed by atoms with Crippen LogP contribution in [0.15, 0.2) is 48.5 Å². The van der Waals surface area contributed by atoms with Crippen molar-refractivity contribution in [1.29, 1.82) is 0 Å². The van der Waals surface area contributed by atoms with Gasteiger partial charge in [-0.15, -0.1) is 0 Å². The zero-order valence-corrected chi connectivity index (χ0v) is 14.0. The molecule has 126 valence electrons. The second-order valence-electron chi connectivity index (χ2n) is 5.54. The van der Waals surface area contributed by atoms with Gasteiger partial charge in [0.25, 0.3) is 5.91 Å². The fourth-order valence-electron chi connectivity index (χ4n) is 2.10. The minimum absolute atomic E-state index is 0.155. The Kier molecular flexibility index (Phi) is 6.37. The van der Waals surface area contributed by atoms with Crippen LogP contribution in [0.5, 0.6) is 0 Å². The normalized spacial score (nSPS) is 10.1. The Bertz CT molecular complexity index is 699. The number of ether oxygens (including phenoxy) is 1. The maximum atomic E-state index is 12.0. The van der Waals surface area contributed by atoms with E-state index in [2.05, 4.69) is 10.6 Å². The molecule has 0 aliphatic heterocycles. The Labute approximate surface area is 142 Å². The fourth-order valence-corrected chi connectivity index (χ4v) is 2.10. The van der Waals surface area contributed by atoms with Crippen molar-refractivity contribution in [2.75, 3.05) is 13.1 Å². The van der Waals surface area contributed by atoms with E-state index in [1.807, 2.05) is 56.3 Å². The third-order valence-electron chi connectivity index (χ3n) is 3.66. The molecular formula is C19H22N2O3. The summed E-state index contributed by atoms with van der Waals surface area (Å²) in [5.41, 5.74) is 3.76. The lowest BCUT2D eigenvalue weighted by molar-refractivity contribution is 0.0951. The van der Waals surface area contributed by atoms with E-state index in [4.69, 9.17) is 4.74 Å². The van der Waals surface area contributed by atoms with Gasteiger partial charge in [0.15, 0.2) is 0 Å². The molecule has 0 aromatic heterocycles. The molecule has 24 heavy (non-hydrogen) atoms. The summed E-state index contributed by atoms with van der Waals surface area (Å²) < 4.78 is 5.09. The van der Waals surface area contributed by atoms with Crippen LogP contribution in [0.1, 0.15) is 27.0 Å². The highest BCUT2D eigenvalue weighted by atomic mass is 16.5. The SMILES string of the molecule is Cc1ccc(C(=O)NCCNC(=O)OCc2ccccc2)cc1C. The first kappa shape index (κ1) is 17.5. The van der Waals surface area contributed by atoms with Gasteiger partial charge in [0.05, 0.1) is 0 Å². The molecule has 2 aromatic carbocycles. The maximum Gasteiger partial charge on any atom is 0.407 e. The molecule has 0 saturated carbocycles. The van der Waals surface area contributed by atoms with Gasteiger partial charge in [-0.1, -0.05) is 36.4 Å². The molecule has 0 bridgehead atoms. The minimum Gasteiger partial charge on any atom is -0.445 e. The third kappa shape index (κ3) is 5.43. The van der Waals surface area contributed by atoms with E-state index >= 15 is 0 Å². The molecule has 0 aliphatic carbocycles. The molecule has 0 radical (unpaired) electrons. The first-order valence-corrected chi connectivity index (χ1v) is 7.86. The summed E-state index contributed by atoms with van der Waals surface area (Å²) in [5.74, 6) is -0.155. The number of benzene rings is 2. The summed E-state index contributed by atoms with van der Waals surface area (Å²) in [6, 6.07) is 15.0. The molecule has 0 heterocycles. The monoisotopic (exact) mass is 326 g/mol. The highest BCUT2D eigenvalue weighted by Gasteiger charge is 2.07. The van der Waals surface area contributed by atoms with Crippen molar-refractivity contribution >= 4 is 12.0 Å². The van der Waals surface area contributed by atoms with Crippen molar-refractivity contribution in [2.24, 2.45) is 0 Å². The standard InChI is InChI=1S/C19H22N2O3/c1-14-8-9-17(12-15(14)2)18(22)20-10-11-21-19(23)24-13-16-6-4-3-5-7-16/h3-9,12H,10-11,13H2,1-2H3,(H,20,22)(H,21,23). The first-order chi connectivity index (χ1) is 11.6. The molecule has 0 atom stereocenters. The number of carbonyl (C=O) groups is 2. The highest BCUT2D eigenvalue weighted by Crippen LogP contribution is 2.09. The van der Waals surface area contributed by atoms with Gasteiger partial charge in [-0.05, 0) is 42.7 Å². The van der Waals surface area contributed by atoms with Gasteiger partial charge in [-0.3, -0.25) is 4.79 Å². The third-order valence-corrected chi connectivity index (χ3v) is 3.66. The van der Waals surface area contributed by atoms with E-state index in [1.54, 1.807) is 6.07 Å². The van der Waals surface area contributed by atoms with Gasteiger partial charge in [-0.25, -0.2) is 4.79 Å². The number of aryl methyl sites for hydroxylation is 2. The second kappa shape index (κ2) is 8.72. The number of hydrogen-bond acceptors (Lipinski definition) is 3. The lowest BCUT2D eigenvalue weighted by Gasteiger charge is -2.09. The summed E-state index contributed by atoms with van der Waals surface area (Å²) in [6.07, 6.45) is -0.501. The molecule has 0 aliphatic rings. The van der Waals surface area contributed by atoms with E-state index in [9.17, 15) is 9.59 Å². The van der Waals surface area contributed by atoms with Crippen molar-refractivity contribution in [3.8, 4) is 0 Å². The van der Waals surface area contributed by atoms with Crippen molar-refractivity contribution < 1.29 is 14.3 Å². The van der Waals surface area contributed by atoms with Crippen LogP contribution in [-0.2, 0) is 11.3 Å². The van der Waals surface area contributed by atoms with E-state index in [0.29, 0.717) is 18.7 Å². The average Bonchev–Trinajstić information content (AvgIpc) is 2.60. The van der Waals surface area contributed by atoms with Crippen LogP contribution in [0, 0.1) is 13.8 Å². The molecule has 0 fully saturated rings. The van der Waals surface area contributed by atoms with Gasteiger partial charge >= 0.3 is 6.09 Å². The molecule has 2 rings (SSSR count). The van der Waals surface area contributed by atoms with Crippen molar-refractivity contribution in [2.45, 2.75) is 20.5 Å². The van der Waals surface area contributed by atoms with Gasteiger partial charge in [0, 0.05) is 18.7 Å². The topological polar surface area (TPSA) is 67.4 Å². The zero-order valence-electron chi connectivity index (χ0n) is 14.0. The Morgan fingerprint density at radius 2 is 1.62 bits per heavy atom. The molecule has 0 saturated heterocycles. The summed E-state index contributed by atoms with van der Waals surface area (Å²) in [4.78, 5) is 23.6. The van der Waals surface area contributed by atoms with Crippen LogP contribution in [0.4, 0.5) is 4.79 Å². The largest absolute Gasteiger partial charge is 0.445 e. The van der Waals surface area contributed by atoms with E-state index in [1.165, 1.54) is 0 Å². The number of hydrogen-bond donors (Lipinski definition) is 2. The predicted molar refractivity (Wildman–Crippen MR) is 92.9 cm³/mol. The van der Waals surface area contributed by atoms with Crippen LogP contribution in [-0.4, -0.2) is 25.1 Å². The maximum absolute atomic E-state index is 12.0. The van der Waals surface area contributed by atoms with Crippen LogP contribution in [0.25, 0.3) is 0 Å². The lowest BCUT2D eigenvalue weighted by Crippen LogP contribution is -2.34. The number of carbonyl (C=O) groups excluding carboxylic acids is 2. The molecule has 5 heteroatoms. The zero-order chi connectivity index (χ0) is 17.4. The Morgan fingerprint density at radius 3 is 2.33 bits per heavy atom. The highest BCUT2D eigenvalue weighted by molar-refractivity contribution is 5.94. The van der Waals surface area contributed by atoms with Gasteiger partial charge < -0.3 is 15.4 Å². The minimum atomic E-state index is -0.501. The summed E-state index contributed by atoms with van der Waals surface area (Å²) >= 11 is 0. The molecule has 5 nitrogen and oxygen atoms in total. The van der Waals surface area contributed by atoms with Gasteiger partial charge in [0.1, 0.15) is 6.61 Å². The van der Waals surface area contributed by atoms with E-state index in [-0.39, 0.29) is 12.5 Å². The molecule has 2 amide bonds. The average molecular weight is 326 g/mol. The molecule has 2 N–H and O–H groups in total. The van der Waals surface area contributed by atoms with Crippen LogP contribution in [0.2, 0.25) is 0 Å². The quantitative estimate of drug-likeness (QED) is 0.802. The predicted octanol–water partition coefficient (Wildman–Crippen LogP) is 2.96. The smallest absolute Gasteiger partial charge is 0.407 e. The van der Waals surface area contributed by atoms with Gasteiger partial charge in [-0.2, -0.15) is 0 Å². The molecular weight excluding hydrogens is 304 g/mol. The Balaban J connectivity index is 1.65. The second-order valence-corrected chi connectivity index (χ2v) is 5.54.